The molecular formula is C21H22F2N2O5. The smallest absolute Gasteiger partial charge is 0.387 e. The molecule has 0 heterocycles. The average molecular weight is 420 g/mol. The maximum Gasteiger partial charge on any atom is 0.387 e. The van der Waals surface area contributed by atoms with Crippen molar-refractivity contribution >= 4 is 23.6 Å². The summed E-state index contributed by atoms with van der Waals surface area (Å²) >= 11 is 0. The van der Waals surface area contributed by atoms with Crippen molar-refractivity contribution in [2.75, 3.05) is 33.1 Å². The Morgan fingerprint density at radius 1 is 1.10 bits per heavy atom. The lowest BCUT2D eigenvalue weighted by Gasteiger charge is -2.15. The number of methoxy groups -OCH3 is 2. The molecule has 2 aromatic rings. The number of rotatable bonds is 9. The third-order valence-corrected chi connectivity index (χ3v) is 3.97. The molecule has 0 saturated heterocycles. The summed E-state index contributed by atoms with van der Waals surface area (Å²) < 4.78 is 39.9. The van der Waals surface area contributed by atoms with Gasteiger partial charge >= 0.3 is 6.61 Å². The molecule has 2 aromatic carbocycles. The maximum absolute atomic E-state index is 12.7. The number of anilines is 1. The highest BCUT2D eigenvalue weighted by Gasteiger charge is 2.15. The minimum Gasteiger partial charge on any atom is -0.497 e. The van der Waals surface area contributed by atoms with E-state index in [0.29, 0.717) is 11.4 Å². The van der Waals surface area contributed by atoms with Crippen LogP contribution in [0.15, 0.2) is 48.5 Å². The van der Waals surface area contributed by atoms with Crippen molar-refractivity contribution in [1.82, 2.24) is 4.90 Å². The van der Waals surface area contributed by atoms with Gasteiger partial charge in [-0.2, -0.15) is 8.78 Å². The molecule has 0 aliphatic carbocycles. The number of hydrogen-bond donors (Lipinski definition) is 1. The van der Waals surface area contributed by atoms with E-state index in [4.69, 9.17) is 9.47 Å². The Balaban J connectivity index is 2.01. The van der Waals surface area contributed by atoms with Crippen LogP contribution in [-0.4, -0.2) is 51.1 Å². The summed E-state index contributed by atoms with van der Waals surface area (Å²) in [7, 11) is 4.31. The van der Waals surface area contributed by atoms with Crippen LogP contribution in [0.25, 0.3) is 6.08 Å². The molecule has 0 fully saturated rings. The highest BCUT2D eigenvalue weighted by atomic mass is 19.3. The monoisotopic (exact) mass is 420 g/mol. The number of amides is 2. The molecule has 0 saturated carbocycles. The fraction of sp³-hybridized carbons (Fsp3) is 0.238. The molecule has 2 amide bonds. The van der Waals surface area contributed by atoms with Gasteiger partial charge < -0.3 is 24.4 Å². The number of ether oxygens (including phenoxy) is 3. The van der Waals surface area contributed by atoms with Gasteiger partial charge in [-0.25, -0.2) is 0 Å². The van der Waals surface area contributed by atoms with Gasteiger partial charge in [0.15, 0.2) is 11.5 Å². The van der Waals surface area contributed by atoms with Crippen molar-refractivity contribution in [2.24, 2.45) is 0 Å². The van der Waals surface area contributed by atoms with Crippen LogP contribution in [0.2, 0.25) is 0 Å². The molecule has 0 spiro atoms. The van der Waals surface area contributed by atoms with E-state index in [1.807, 2.05) is 0 Å². The van der Waals surface area contributed by atoms with Crippen LogP contribution >= 0.6 is 0 Å². The minimum atomic E-state index is -3.05. The molecule has 0 bridgehead atoms. The Hall–Kier alpha value is -3.62. The van der Waals surface area contributed by atoms with E-state index in [9.17, 15) is 18.4 Å². The van der Waals surface area contributed by atoms with Gasteiger partial charge in [-0.3, -0.25) is 9.59 Å². The second-order valence-electron chi connectivity index (χ2n) is 6.06. The van der Waals surface area contributed by atoms with Crippen LogP contribution in [0, 0.1) is 0 Å². The van der Waals surface area contributed by atoms with E-state index >= 15 is 0 Å². The van der Waals surface area contributed by atoms with Crippen LogP contribution in [0.5, 0.6) is 17.2 Å². The van der Waals surface area contributed by atoms with Crippen LogP contribution in [-0.2, 0) is 9.59 Å². The molecule has 1 N–H and O–H groups in total. The van der Waals surface area contributed by atoms with Crippen LogP contribution in [0.3, 0.4) is 0 Å². The number of likely N-dealkylation sites (N-methyl/N-ethyl adjacent to an activating group) is 1. The predicted molar refractivity (Wildman–Crippen MR) is 108 cm³/mol. The molecule has 0 radical (unpaired) electrons. The zero-order valence-corrected chi connectivity index (χ0v) is 16.7. The second-order valence-corrected chi connectivity index (χ2v) is 6.06. The van der Waals surface area contributed by atoms with Gasteiger partial charge in [-0.05, 0) is 36.4 Å². The van der Waals surface area contributed by atoms with Crippen LogP contribution in [0.1, 0.15) is 5.56 Å². The van der Waals surface area contributed by atoms with E-state index in [-0.39, 0.29) is 23.6 Å². The number of nitrogens with one attached hydrogen (secondary N) is 1. The molecule has 0 aliphatic heterocycles. The number of halogens is 2. The van der Waals surface area contributed by atoms with Gasteiger partial charge in [0, 0.05) is 24.4 Å². The number of nitrogens with zero attached hydrogens (tertiary/aromatic N) is 1. The maximum atomic E-state index is 12.7. The Kier molecular flexibility index (Phi) is 8.16. The van der Waals surface area contributed by atoms with Crippen molar-refractivity contribution < 1.29 is 32.6 Å². The van der Waals surface area contributed by atoms with E-state index < -0.39 is 18.4 Å². The van der Waals surface area contributed by atoms with Gasteiger partial charge in [0.1, 0.15) is 5.75 Å². The van der Waals surface area contributed by atoms with E-state index in [1.165, 1.54) is 44.4 Å². The van der Waals surface area contributed by atoms with E-state index in [0.717, 1.165) is 6.08 Å². The first-order chi connectivity index (χ1) is 14.3. The first-order valence-electron chi connectivity index (χ1n) is 8.83. The molecule has 30 heavy (non-hydrogen) atoms. The summed E-state index contributed by atoms with van der Waals surface area (Å²) in [5.74, 6) is -0.313. The fourth-order valence-corrected chi connectivity index (χ4v) is 2.50. The molecule has 160 valence electrons. The Bertz CT molecular complexity index is 901. The van der Waals surface area contributed by atoms with Crippen molar-refractivity contribution in [2.45, 2.75) is 6.61 Å². The third-order valence-electron chi connectivity index (χ3n) is 3.97. The van der Waals surface area contributed by atoms with E-state index in [2.05, 4.69) is 10.1 Å². The third kappa shape index (κ3) is 6.47. The molecule has 0 atom stereocenters. The molecule has 2 rings (SSSR count). The van der Waals surface area contributed by atoms with Crippen molar-refractivity contribution in [3.8, 4) is 17.2 Å². The summed E-state index contributed by atoms with van der Waals surface area (Å²) in [5.41, 5.74) is 0.793. The van der Waals surface area contributed by atoms with Crippen LogP contribution < -0.4 is 19.5 Å². The van der Waals surface area contributed by atoms with Crippen LogP contribution in [0.4, 0.5) is 14.5 Å². The highest BCUT2D eigenvalue weighted by molar-refractivity contribution is 5.98. The van der Waals surface area contributed by atoms with E-state index in [1.54, 1.807) is 30.3 Å². The zero-order chi connectivity index (χ0) is 22.1. The summed E-state index contributed by atoms with van der Waals surface area (Å²) in [4.78, 5) is 25.6. The lowest BCUT2D eigenvalue weighted by atomic mass is 10.1. The summed E-state index contributed by atoms with van der Waals surface area (Å²) in [6.07, 6.45) is 2.48. The number of carbonyl (C=O) groups is 2. The minimum absolute atomic E-state index is 0.108. The number of alkyl halides is 2. The number of benzene rings is 2. The fourth-order valence-electron chi connectivity index (χ4n) is 2.50. The Morgan fingerprint density at radius 2 is 1.80 bits per heavy atom. The number of para-hydroxylation sites is 1. The van der Waals surface area contributed by atoms with Crippen molar-refractivity contribution in [1.29, 1.82) is 0 Å². The molecular weight excluding hydrogens is 398 g/mol. The number of carbonyl (C=O) groups excluding carboxylic acids is 2. The van der Waals surface area contributed by atoms with Gasteiger partial charge in [0.2, 0.25) is 11.8 Å². The number of hydrogen-bond acceptors (Lipinski definition) is 5. The largest absolute Gasteiger partial charge is 0.497 e. The molecule has 0 unspecified atom stereocenters. The lowest BCUT2D eigenvalue weighted by molar-refractivity contribution is -0.129. The quantitative estimate of drug-likeness (QED) is 0.629. The van der Waals surface area contributed by atoms with Gasteiger partial charge in [0.05, 0.1) is 20.8 Å². The second kappa shape index (κ2) is 10.8. The molecule has 9 heteroatoms. The van der Waals surface area contributed by atoms with Gasteiger partial charge in [0.25, 0.3) is 0 Å². The standard InChI is InChI=1S/C21H22F2N2O5/c1-25(13-18(26)24-15-8-10-16(28-2)11-9-15)19(27)12-7-14-5-4-6-17(29-3)20(14)30-21(22)23/h4-12,21H,13H2,1-3H3,(H,24,26)/b12-7+. The summed E-state index contributed by atoms with van der Waals surface area (Å²) in [6.45, 7) is -3.25. The first kappa shape index (κ1) is 22.7. The molecule has 7 nitrogen and oxygen atoms in total. The highest BCUT2D eigenvalue weighted by Crippen LogP contribution is 2.33. The molecule has 0 aliphatic rings. The zero-order valence-electron chi connectivity index (χ0n) is 16.7. The van der Waals surface area contributed by atoms with Gasteiger partial charge in [-0.1, -0.05) is 12.1 Å². The summed E-state index contributed by atoms with van der Waals surface area (Å²) in [5, 5.41) is 2.67. The molecule has 0 aromatic heterocycles. The van der Waals surface area contributed by atoms with Gasteiger partial charge in [-0.15, -0.1) is 0 Å². The average Bonchev–Trinajstić information content (AvgIpc) is 2.72. The topological polar surface area (TPSA) is 77.1 Å². The Morgan fingerprint density at radius 3 is 2.40 bits per heavy atom. The first-order valence-corrected chi connectivity index (χ1v) is 8.83. The predicted octanol–water partition coefficient (Wildman–Crippen LogP) is 3.42. The Labute approximate surface area is 172 Å². The normalized spacial score (nSPS) is 10.7. The summed E-state index contributed by atoms with van der Waals surface area (Å²) in [6, 6.07) is 11.3. The van der Waals surface area contributed by atoms with Crippen molar-refractivity contribution in [3.63, 3.8) is 0 Å². The lowest BCUT2D eigenvalue weighted by Crippen LogP contribution is -2.33. The SMILES string of the molecule is COc1ccc(NC(=O)CN(C)C(=O)/C=C/c2cccc(OC)c2OC(F)F)cc1. The van der Waals surface area contributed by atoms with Crippen molar-refractivity contribution in [3.05, 3.63) is 54.1 Å².